The monoisotopic (exact) mass is 255 g/mol. The van der Waals surface area contributed by atoms with Crippen molar-refractivity contribution in [3.05, 3.63) is 53.3 Å². The van der Waals surface area contributed by atoms with Crippen molar-refractivity contribution in [3.63, 3.8) is 0 Å². The smallest absolute Gasteiger partial charge is 0.221 e. The summed E-state index contributed by atoms with van der Waals surface area (Å²) in [6, 6.07) is 10.2. The second-order valence-electron chi connectivity index (χ2n) is 5.08. The van der Waals surface area contributed by atoms with E-state index in [1.807, 2.05) is 43.0 Å². The van der Waals surface area contributed by atoms with Gasteiger partial charge in [-0.2, -0.15) is 5.10 Å². The van der Waals surface area contributed by atoms with Crippen molar-refractivity contribution in [3.8, 4) is 0 Å². The van der Waals surface area contributed by atoms with Crippen molar-refractivity contribution in [2.45, 2.75) is 25.3 Å². The van der Waals surface area contributed by atoms with E-state index in [0.717, 1.165) is 16.8 Å². The van der Waals surface area contributed by atoms with Crippen molar-refractivity contribution in [1.29, 1.82) is 0 Å². The highest BCUT2D eigenvalue weighted by atomic mass is 16.2. The van der Waals surface area contributed by atoms with Gasteiger partial charge in [-0.1, -0.05) is 30.3 Å². The van der Waals surface area contributed by atoms with Crippen LogP contribution < -0.4 is 5.32 Å². The molecule has 1 aliphatic rings. The van der Waals surface area contributed by atoms with Crippen LogP contribution in [-0.4, -0.2) is 15.7 Å². The standard InChI is InChI=1S/C15H17N3O/c1-10-13(9-16-18(10)2)12-8-14(19)17-15(12)11-6-4-3-5-7-11/h3-7,9,12,15H,8H2,1-2H3,(H,17,19). The zero-order chi connectivity index (χ0) is 13.4. The van der Waals surface area contributed by atoms with Crippen molar-refractivity contribution in [1.82, 2.24) is 15.1 Å². The van der Waals surface area contributed by atoms with Gasteiger partial charge in [0.25, 0.3) is 0 Å². The summed E-state index contributed by atoms with van der Waals surface area (Å²) in [7, 11) is 1.93. The number of aryl methyl sites for hydroxylation is 1. The third-order valence-electron chi connectivity index (χ3n) is 3.96. The van der Waals surface area contributed by atoms with E-state index in [0.29, 0.717) is 6.42 Å². The van der Waals surface area contributed by atoms with E-state index < -0.39 is 0 Å². The number of hydrogen-bond donors (Lipinski definition) is 1. The number of carbonyl (C=O) groups excluding carboxylic acids is 1. The van der Waals surface area contributed by atoms with Gasteiger partial charge < -0.3 is 5.32 Å². The van der Waals surface area contributed by atoms with Gasteiger partial charge in [-0.25, -0.2) is 0 Å². The van der Waals surface area contributed by atoms with Gasteiger partial charge in [-0.15, -0.1) is 0 Å². The van der Waals surface area contributed by atoms with Crippen molar-refractivity contribution in [2.75, 3.05) is 0 Å². The highest BCUT2D eigenvalue weighted by Gasteiger charge is 2.36. The highest BCUT2D eigenvalue weighted by molar-refractivity contribution is 5.80. The Kier molecular flexibility index (Phi) is 2.85. The summed E-state index contributed by atoms with van der Waals surface area (Å²) in [6.45, 7) is 2.05. The van der Waals surface area contributed by atoms with E-state index in [1.54, 1.807) is 0 Å². The Morgan fingerprint density at radius 1 is 1.32 bits per heavy atom. The number of benzene rings is 1. The molecule has 2 unspecified atom stereocenters. The lowest BCUT2D eigenvalue weighted by atomic mass is 9.88. The van der Waals surface area contributed by atoms with Crippen molar-refractivity contribution in [2.24, 2.45) is 7.05 Å². The molecule has 1 aromatic carbocycles. The minimum Gasteiger partial charge on any atom is -0.349 e. The predicted molar refractivity (Wildman–Crippen MR) is 72.6 cm³/mol. The van der Waals surface area contributed by atoms with Gasteiger partial charge >= 0.3 is 0 Å². The molecule has 0 bridgehead atoms. The Morgan fingerprint density at radius 2 is 2.05 bits per heavy atom. The molecule has 4 heteroatoms. The van der Waals surface area contributed by atoms with Gasteiger partial charge in [-0.3, -0.25) is 9.48 Å². The summed E-state index contributed by atoms with van der Waals surface area (Å²) in [6.07, 6.45) is 2.42. The molecule has 2 heterocycles. The molecular weight excluding hydrogens is 238 g/mol. The minimum absolute atomic E-state index is 0.0524. The summed E-state index contributed by atoms with van der Waals surface area (Å²) >= 11 is 0. The minimum atomic E-state index is 0.0524. The lowest BCUT2D eigenvalue weighted by molar-refractivity contribution is -0.119. The van der Waals surface area contributed by atoms with E-state index in [4.69, 9.17) is 0 Å². The normalized spacial score (nSPS) is 22.5. The Bertz CT molecular complexity index is 603. The molecule has 1 N–H and O–H groups in total. The highest BCUT2D eigenvalue weighted by Crippen LogP contribution is 2.39. The average Bonchev–Trinajstić information content (AvgIpc) is 2.95. The molecule has 19 heavy (non-hydrogen) atoms. The lowest BCUT2D eigenvalue weighted by Crippen LogP contribution is -2.20. The molecule has 1 fully saturated rings. The quantitative estimate of drug-likeness (QED) is 0.893. The third-order valence-corrected chi connectivity index (χ3v) is 3.96. The zero-order valence-electron chi connectivity index (χ0n) is 11.1. The lowest BCUT2D eigenvalue weighted by Gasteiger charge is -2.19. The maximum atomic E-state index is 11.8. The first-order valence-electron chi connectivity index (χ1n) is 6.49. The predicted octanol–water partition coefficient (Wildman–Crippen LogP) is 2.07. The van der Waals surface area contributed by atoms with Crippen LogP contribution in [0.4, 0.5) is 0 Å². The Labute approximate surface area is 112 Å². The molecule has 0 saturated carbocycles. The third kappa shape index (κ3) is 2.03. The SMILES string of the molecule is Cc1c(C2CC(=O)NC2c2ccccc2)cnn1C. The fourth-order valence-corrected chi connectivity index (χ4v) is 2.80. The van der Waals surface area contributed by atoms with Gasteiger partial charge in [0.1, 0.15) is 0 Å². The number of rotatable bonds is 2. The Hall–Kier alpha value is -2.10. The van der Waals surface area contributed by atoms with Gasteiger partial charge in [0, 0.05) is 25.1 Å². The molecule has 2 aromatic rings. The summed E-state index contributed by atoms with van der Waals surface area (Å²) in [5.41, 5.74) is 3.44. The van der Waals surface area contributed by atoms with Crippen LogP contribution in [0, 0.1) is 6.92 Å². The number of nitrogens with zero attached hydrogens (tertiary/aromatic N) is 2. The summed E-state index contributed by atoms with van der Waals surface area (Å²) in [5.74, 6) is 0.283. The molecule has 4 nitrogen and oxygen atoms in total. The maximum Gasteiger partial charge on any atom is 0.221 e. The molecule has 2 atom stereocenters. The first-order valence-corrected chi connectivity index (χ1v) is 6.49. The Balaban J connectivity index is 2.00. The van der Waals surface area contributed by atoms with Crippen LogP contribution in [0.5, 0.6) is 0 Å². The maximum absolute atomic E-state index is 11.8. The number of hydrogen-bond acceptors (Lipinski definition) is 2. The summed E-state index contributed by atoms with van der Waals surface area (Å²) in [5, 5.41) is 7.37. The number of carbonyl (C=O) groups is 1. The molecule has 3 rings (SSSR count). The van der Waals surface area contributed by atoms with E-state index in [1.165, 1.54) is 0 Å². The van der Waals surface area contributed by atoms with Crippen LogP contribution in [0.1, 0.15) is 35.2 Å². The molecule has 1 aliphatic heterocycles. The van der Waals surface area contributed by atoms with Gasteiger partial charge in [0.05, 0.1) is 12.2 Å². The summed E-state index contributed by atoms with van der Waals surface area (Å²) < 4.78 is 1.86. The fourth-order valence-electron chi connectivity index (χ4n) is 2.80. The fraction of sp³-hybridized carbons (Fsp3) is 0.333. The molecule has 0 aliphatic carbocycles. The van der Waals surface area contributed by atoms with E-state index in [-0.39, 0.29) is 17.9 Å². The van der Waals surface area contributed by atoms with Crippen LogP contribution in [0.2, 0.25) is 0 Å². The molecule has 1 saturated heterocycles. The summed E-state index contributed by atoms with van der Waals surface area (Å²) in [4.78, 5) is 11.8. The Morgan fingerprint density at radius 3 is 2.68 bits per heavy atom. The van der Waals surface area contributed by atoms with Crippen LogP contribution in [0.15, 0.2) is 36.5 Å². The zero-order valence-corrected chi connectivity index (χ0v) is 11.1. The molecule has 1 aromatic heterocycles. The molecular formula is C15H17N3O. The number of amides is 1. The van der Waals surface area contributed by atoms with E-state index in [9.17, 15) is 4.79 Å². The van der Waals surface area contributed by atoms with Crippen LogP contribution in [0.3, 0.4) is 0 Å². The van der Waals surface area contributed by atoms with Gasteiger partial charge in [-0.05, 0) is 18.1 Å². The molecule has 98 valence electrons. The number of aromatic nitrogens is 2. The molecule has 1 amide bonds. The van der Waals surface area contributed by atoms with E-state index >= 15 is 0 Å². The topological polar surface area (TPSA) is 46.9 Å². The van der Waals surface area contributed by atoms with E-state index in [2.05, 4.69) is 22.5 Å². The van der Waals surface area contributed by atoms with Crippen molar-refractivity contribution >= 4 is 5.91 Å². The van der Waals surface area contributed by atoms with Crippen molar-refractivity contribution < 1.29 is 4.79 Å². The number of nitrogens with one attached hydrogen (secondary N) is 1. The van der Waals surface area contributed by atoms with Crippen LogP contribution in [0.25, 0.3) is 0 Å². The first-order chi connectivity index (χ1) is 9.16. The van der Waals surface area contributed by atoms with Crippen LogP contribution >= 0.6 is 0 Å². The second kappa shape index (κ2) is 4.53. The van der Waals surface area contributed by atoms with Gasteiger partial charge in [0.2, 0.25) is 5.91 Å². The van der Waals surface area contributed by atoms with Gasteiger partial charge in [0.15, 0.2) is 0 Å². The largest absolute Gasteiger partial charge is 0.349 e. The second-order valence-corrected chi connectivity index (χ2v) is 5.08. The molecule has 0 radical (unpaired) electrons. The molecule has 0 spiro atoms. The van der Waals surface area contributed by atoms with Crippen LogP contribution in [-0.2, 0) is 11.8 Å². The first kappa shape index (κ1) is 12.0. The average molecular weight is 255 g/mol.